The molecule has 2 aromatic rings. The Morgan fingerprint density at radius 2 is 2.26 bits per heavy atom. The third-order valence-electron chi connectivity index (χ3n) is 3.40. The van der Waals surface area contributed by atoms with Crippen molar-refractivity contribution in [3.05, 3.63) is 47.0 Å². The van der Waals surface area contributed by atoms with Gasteiger partial charge in [-0.3, -0.25) is 9.89 Å². The van der Waals surface area contributed by atoms with Crippen LogP contribution in [0.15, 0.2) is 30.6 Å². The van der Waals surface area contributed by atoms with Gasteiger partial charge in [0.15, 0.2) is 0 Å². The van der Waals surface area contributed by atoms with E-state index in [1.165, 1.54) is 6.33 Å². The van der Waals surface area contributed by atoms with Gasteiger partial charge in [0.2, 0.25) is 5.82 Å². The zero-order chi connectivity index (χ0) is 13.2. The first kappa shape index (κ1) is 12.2. The SMILES string of the molecule is O=C(c1ncn[nH]1)N1CCCC1c1ccccc1Cl. The van der Waals surface area contributed by atoms with Gasteiger partial charge in [-0.15, -0.1) is 0 Å². The van der Waals surface area contributed by atoms with Gasteiger partial charge in [-0.1, -0.05) is 29.8 Å². The lowest BCUT2D eigenvalue weighted by molar-refractivity contribution is 0.0724. The van der Waals surface area contributed by atoms with Gasteiger partial charge in [0, 0.05) is 11.6 Å². The molecule has 1 N–H and O–H groups in total. The van der Waals surface area contributed by atoms with Gasteiger partial charge in [-0.2, -0.15) is 5.10 Å². The third kappa shape index (κ3) is 2.21. The molecule has 0 bridgehead atoms. The zero-order valence-corrected chi connectivity index (χ0v) is 11.0. The zero-order valence-electron chi connectivity index (χ0n) is 10.2. The summed E-state index contributed by atoms with van der Waals surface area (Å²) in [5.74, 6) is 0.152. The van der Waals surface area contributed by atoms with E-state index in [9.17, 15) is 4.79 Å². The molecule has 98 valence electrons. The number of amides is 1. The Bertz CT molecular complexity index is 584. The van der Waals surface area contributed by atoms with E-state index in [2.05, 4.69) is 15.2 Å². The van der Waals surface area contributed by atoms with Gasteiger partial charge in [0.1, 0.15) is 6.33 Å². The molecular formula is C13H13ClN4O. The van der Waals surface area contributed by atoms with Crippen molar-refractivity contribution < 1.29 is 4.79 Å². The third-order valence-corrected chi connectivity index (χ3v) is 3.74. The highest BCUT2D eigenvalue weighted by molar-refractivity contribution is 6.31. The smallest absolute Gasteiger partial charge is 0.291 e. The maximum absolute atomic E-state index is 12.4. The number of nitrogens with zero attached hydrogens (tertiary/aromatic N) is 3. The minimum absolute atomic E-state index is 0.0197. The Labute approximate surface area is 115 Å². The van der Waals surface area contributed by atoms with Crippen LogP contribution in [-0.2, 0) is 0 Å². The number of carbonyl (C=O) groups excluding carboxylic acids is 1. The monoisotopic (exact) mass is 276 g/mol. The fraction of sp³-hybridized carbons (Fsp3) is 0.308. The molecule has 0 aliphatic carbocycles. The molecule has 1 unspecified atom stereocenters. The van der Waals surface area contributed by atoms with Gasteiger partial charge < -0.3 is 4.90 Å². The van der Waals surface area contributed by atoms with Crippen molar-refractivity contribution >= 4 is 17.5 Å². The fourth-order valence-electron chi connectivity index (χ4n) is 2.52. The molecule has 1 saturated heterocycles. The minimum atomic E-state index is -0.125. The molecule has 1 atom stereocenters. The fourth-order valence-corrected chi connectivity index (χ4v) is 2.78. The molecule has 1 amide bonds. The Kier molecular flexibility index (Phi) is 3.21. The van der Waals surface area contributed by atoms with E-state index in [-0.39, 0.29) is 17.8 Å². The van der Waals surface area contributed by atoms with Crippen LogP contribution in [0, 0.1) is 0 Å². The number of carbonyl (C=O) groups is 1. The molecule has 0 spiro atoms. The molecule has 1 fully saturated rings. The highest BCUT2D eigenvalue weighted by atomic mass is 35.5. The van der Waals surface area contributed by atoms with Crippen LogP contribution in [0.2, 0.25) is 5.02 Å². The molecule has 19 heavy (non-hydrogen) atoms. The molecule has 1 aliphatic heterocycles. The largest absolute Gasteiger partial charge is 0.329 e. The predicted molar refractivity (Wildman–Crippen MR) is 70.8 cm³/mol. The Morgan fingerprint density at radius 3 is 3.00 bits per heavy atom. The summed E-state index contributed by atoms with van der Waals surface area (Å²) in [5, 5.41) is 7.03. The Morgan fingerprint density at radius 1 is 1.42 bits per heavy atom. The van der Waals surface area contributed by atoms with Crippen LogP contribution in [0.3, 0.4) is 0 Å². The second kappa shape index (κ2) is 5.01. The van der Waals surface area contributed by atoms with Crippen molar-refractivity contribution in [1.29, 1.82) is 0 Å². The first-order chi connectivity index (χ1) is 9.27. The summed E-state index contributed by atoms with van der Waals surface area (Å²) < 4.78 is 0. The van der Waals surface area contributed by atoms with Crippen molar-refractivity contribution in [2.75, 3.05) is 6.54 Å². The lowest BCUT2D eigenvalue weighted by Gasteiger charge is -2.24. The maximum Gasteiger partial charge on any atom is 0.291 e. The number of benzene rings is 1. The normalized spacial score (nSPS) is 18.8. The molecule has 0 saturated carbocycles. The molecule has 3 rings (SSSR count). The minimum Gasteiger partial charge on any atom is -0.329 e. The summed E-state index contributed by atoms with van der Waals surface area (Å²) in [6.45, 7) is 0.718. The van der Waals surface area contributed by atoms with Crippen molar-refractivity contribution in [3.63, 3.8) is 0 Å². The van der Waals surface area contributed by atoms with Crippen LogP contribution in [0.25, 0.3) is 0 Å². The van der Waals surface area contributed by atoms with Crippen LogP contribution < -0.4 is 0 Å². The van der Waals surface area contributed by atoms with Crippen molar-refractivity contribution in [2.45, 2.75) is 18.9 Å². The van der Waals surface area contributed by atoms with E-state index < -0.39 is 0 Å². The van der Waals surface area contributed by atoms with Crippen LogP contribution in [0.4, 0.5) is 0 Å². The molecule has 5 nitrogen and oxygen atoms in total. The van der Waals surface area contributed by atoms with E-state index >= 15 is 0 Å². The predicted octanol–water partition coefficient (Wildman–Crippen LogP) is 2.44. The van der Waals surface area contributed by atoms with E-state index in [0.717, 1.165) is 24.9 Å². The van der Waals surface area contributed by atoms with Crippen LogP contribution >= 0.6 is 11.6 Å². The maximum atomic E-state index is 12.4. The number of aromatic amines is 1. The number of hydrogen-bond acceptors (Lipinski definition) is 3. The van der Waals surface area contributed by atoms with Crippen LogP contribution in [0.5, 0.6) is 0 Å². The molecule has 1 aromatic heterocycles. The number of H-pyrrole nitrogens is 1. The van der Waals surface area contributed by atoms with E-state index in [1.54, 1.807) is 0 Å². The lowest BCUT2D eigenvalue weighted by Crippen LogP contribution is -2.31. The number of nitrogens with one attached hydrogen (secondary N) is 1. The summed E-state index contributed by atoms with van der Waals surface area (Å²) in [5.41, 5.74) is 0.995. The highest BCUT2D eigenvalue weighted by Gasteiger charge is 2.32. The van der Waals surface area contributed by atoms with E-state index in [0.29, 0.717) is 5.02 Å². The van der Waals surface area contributed by atoms with Crippen molar-refractivity contribution in [1.82, 2.24) is 20.1 Å². The first-order valence-electron chi connectivity index (χ1n) is 6.18. The Balaban J connectivity index is 1.90. The van der Waals surface area contributed by atoms with E-state index in [1.807, 2.05) is 29.2 Å². The number of likely N-dealkylation sites (tertiary alicyclic amines) is 1. The number of halogens is 1. The van der Waals surface area contributed by atoms with Crippen molar-refractivity contribution in [3.8, 4) is 0 Å². The van der Waals surface area contributed by atoms with Crippen LogP contribution in [-0.4, -0.2) is 32.5 Å². The first-order valence-corrected chi connectivity index (χ1v) is 6.56. The number of rotatable bonds is 2. The number of aromatic nitrogens is 3. The van der Waals surface area contributed by atoms with Gasteiger partial charge in [-0.25, -0.2) is 4.98 Å². The number of hydrogen-bond donors (Lipinski definition) is 1. The quantitative estimate of drug-likeness (QED) is 0.916. The summed E-state index contributed by atoms with van der Waals surface area (Å²) in [7, 11) is 0. The molecule has 1 aromatic carbocycles. The van der Waals surface area contributed by atoms with Crippen molar-refractivity contribution in [2.24, 2.45) is 0 Å². The molecule has 0 radical (unpaired) electrons. The topological polar surface area (TPSA) is 61.9 Å². The second-order valence-electron chi connectivity index (χ2n) is 4.51. The standard InChI is InChI=1S/C13H13ClN4O/c14-10-5-2-1-4-9(10)11-6-3-7-18(11)13(19)12-15-8-16-17-12/h1-2,4-5,8,11H,3,6-7H2,(H,15,16,17). The summed E-state index contributed by atoms with van der Waals surface area (Å²) in [6, 6.07) is 7.68. The van der Waals surface area contributed by atoms with Gasteiger partial charge in [-0.05, 0) is 24.5 Å². The van der Waals surface area contributed by atoms with Gasteiger partial charge >= 0.3 is 0 Å². The average molecular weight is 277 g/mol. The molecular weight excluding hydrogens is 264 g/mol. The van der Waals surface area contributed by atoms with Gasteiger partial charge in [0.25, 0.3) is 5.91 Å². The molecule has 2 heterocycles. The van der Waals surface area contributed by atoms with E-state index in [4.69, 9.17) is 11.6 Å². The highest BCUT2D eigenvalue weighted by Crippen LogP contribution is 2.36. The van der Waals surface area contributed by atoms with Crippen LogP contribution in [0.1, 0.15) is 35.1 Å². The summed E-state index contributed by atoms with van der Waals surface area (Å²) >= 11 is 6.23. The second-order valence-corrected chi connectivity index (χ2v) is 4.92. The molecule has 1 aliphatic rings. The molecule has 6 heteroatoms. The Hall–Kier alpha value is -1.88. The lowest BCUT2D eigenvalue weighted by atomic mass is 10.0. The summed E-state index contributed by atoms with van der Waals surface area (Å²) in [4.78, 5) is 18.1. The van der Waals surface area contributed by atoms with Gasteiger partial charge in [0.05, 0.1) is 6.04 Å². The summed E-state index contributed by atoms with van der Waals surface area (Å²) in [6.07, 6.45) is 3.23. The average Bonchev–Trinajstić information content (AvgIpc) is 3.10.